The van der Waals surface area contributed by atoms with Crippen LogP contribution in [-0.4, -0.2) is 12.5 Å². The third-order valence-corrected chi connectivity index (χ3v) is 3.42. The van der Waals surface area contributed by atoms with Crippen molar-refractivity contribution in [2.24, 2.45) is 0 Å². The Morgan fingerprint density at radius 2 is 1.91 bits per heavy atom. The molecule has 0 aliphatic carbocycles. The van der Waals surface area contributed by atoms with E-state index < -0.39 is 17.7 Å². The van der Waals surface area contributed by atoms with Gasteiger partial charge in [-0.2, -0.15) is 0 Å². The van der Waals surface area contributed by atoms with Gasteiger partial charge in [-0.25, -0.2) is 8.78 Å². The Hall–Kier alpha value is -2.27. The first-order valence-corrected chi connectivity index (χ1v) is 7.01. The summed E-state index contributed by atoms with van der Waals surface area (Å²) >= 11 is 0. The molecule has 0 aliphatic heterocycles. The molecular formula is C17H18F2N2O. The highest BCUT2D eigenvalue weighted by molar-refractivity contribution is 5.92. The van der Waals surface area contributed by atoms with Gasteiger partial charge in [0, 0.05) is 23.4 Å². The average molecular weight is 304 g/mol. The lowest BCUT2D eigenvalue weighted by Crippen LogP contribution is -2.30. The summed E-state index contributed by atoms with van der Waals surface area (Å²) in [6, 6.07) is 10.5. The minimum absolute atomic E-state index is 0.0340. The zero-order chi connectivity index (χ0) is 16.1. The lowest BCUT2D eigenvalue weighted by molar-refractivity contribution is -0.115. The van der Waals surface area contributed by atoms with Crippen LogP contribution in [0.4, 0.5) is 14.5 Å². The van der Waals surface area contributed by atoms with Crippen LogP contribution < -0.4 is 10.6 Å². The molecule has 0 heterocycles. The molecular weight excluding hydrogens is 286 g/mol. The second-order valence-electron chi connectivity index (χ2n) is 5.13. The summed E-state index contributed by atoms with van der Waals surface area (Å²) in [6.07, 6.45) is 0. The summed E-state index contributed by atoms with van der Waals surface area (Å²) in [4.78, 5) is 11.9. The molecule has 2 aromatic rings. The molecule has 1 amide bonds. The Morgan fingerprint density at radius 1 is 1.18 bits per heavy atom. The van der Waals surface area contributed by atoms with Crippen molar-refractivity contribution < 1.29 is 13.6 Å². The molecule has 0 bridgehead atoms. The van der Waals surface area contributed by atoms with Crippen molar-refractivity contribution in [1.29, 1.82) is 0 Å². The molecule has 2 aromatic carbocycles. The monoisotopic (exact) mass is 304 g/mol. The standard InChI is InChI=1S/C17H18F2N2O/c1-11-5-3-4-6-16(11)21-17(22)10-20-12(2)14-8-7-13(18)9-15(14)19/h3-9,12,20H,10H2,1-2H3,(H,21,22)/t12-/m1/s1. The number of carbonyl (C=O) groups is 1. The zero-order valence-corrected chi connectivity index (χ0v) is 12.5. The van der Waals surface area contributed by atoms with Crippen LogP contribution in [0, 0.1) is 18.6 Å². The lowest BCUT2D eigenvalue weighted by atomic mass is 10.1. The van der Waals surface area contributed by atoms with Crippen molar-refractivity contribution in [2.75, 3.05) is 11.9 Å². The van der Waals surface area contributed by atoms with Gasteiger partial charge < -0.3 is 10.6 Å². The highest BCUT2D eigenvalue weighted by Gasteiger charge is 2.13. The van der Waals surface area contributed by atoms with E-state index in [9.17, 15) is 13.6 Å². The van der Waals surface area contributed by atoms with Gasteiger partial charge in [-0.1, -0.05) is 24.3 Å². The zero-order valence-electron chi connectivity index (χ0n) is 12.5. The first-order valence-electron chi connectivity index (χ1n) is 7.01. The summed E-state index contributed by atoms with van der Waals surface area (Å²) in [6.45, 7) is 3.66. The van der Waals surface area contributed by atoms with Crippen LogP contribution in [-0.2, 0) is 4.79 Å². The van der Waals surface area contributed by atoms with Gasteiger partial charge in [0.15, 0.2) is 0 Å². The summed E-state index contributed by atoms with van der Waals surface area (Å²) in [5.41, 5.74) is 2.04. The van der Waals surface area contributed by atoms with Crippen LogP contribution >= 0.6 is 0 Å². The van der Waals surface area contributed by atoms with E-state index in [0.717, 1.165) is 17.3 Å². The van der Waals surface area contributed by atoms with E-state index in [1.165, 1.54) is 12.1 Å². The van der Waals surface area contributed by atoms with E-state index in [-0.39, 0.29) is 12.5 Å². The van der Waals surface area contributed by atoms with Gasteiger partial charge in [0.1, 0.15) is 11.6 Å². The van der Waals surface area contributed by atoms with E-state index >= 15 is 0 Å². The van der Waals surface area contributed by atoms with Gasteiger partial charge in [0.2, 0.25) is 5.91 Å². The third-order valence-electron chi connectivity index (χ3n) is 3.42. The normalized spacial score (nSPS) is 12.0. The molecule has 0 saturated carbocycles. The van der Waals surface area contributed by atoms with Gasteiger partial charge in [0.25, 0.3) is 0 Å². The Labute approximate surface area is 128 Å². The van der Waals surface area contributed by atoms with Crippen LogP contribution in [0.1, 0.15) is 24.1 Å². The van der Waals surface area contributed by atoms with Crippen LogP contribution in [0.15, 0.2) is 42.5 Å². The molecule has 116 valence electrons. The Bertz CT molecular complexity index is 673. The van der Waals surface area contributed by atoms with E-state index in [1.807, 2.05) is 31.2 Å². The first kappa shape index (κ1) is 16.1. The number of rotatable bonds is 5. The second-order valence-corrected chi connectivity index (χ2v) is 5.13. The van der Waals surface area contributed by atoms with Gasteiger partial charge >= 0.3 is 0 Å². The van der Waals surface area contributed by atoms with Crippen LogP contribution in [0.2, 0.25) is 0 Å². The van der Waals surface area contributed by atoms with E-state index in [1.54, 1.807) is 6.92 Å². The summed E-state index contributed by atoms with van der Waals surface area (Å²) < 4.78 is 26.5. The molecule has 0 fully saturated rings. The Kier molecular flexibility index (Phi) is 5.22. The molecule has 1 atom stereocenters. The van der Waals surface area contributed by atoms with Crippen molar-refractivity contribution in [3.05, 3.63) is 65.2 Å². The van der Waals surface area contributed by atoms with Crippen LogP contribution in [0.25, 0.3) is 0 Å². The molecule has 2 N–H and O–H groups in total. The van der Waals surface area contributed by atoms with E-state index in [0.29, 0.717) is 5.56 Å². The lowest BCUT2D eigenvalue weighted by Gasteiger charge is -2.15. The SMILES string of the molecule is Cc1ccccc1NC(=O)CN[C@H](C)c1ccc(F)cc1F. The summed E-state index contributed by atoms with van der Waals surface area (Å²) in [5.74, 6) is -1.46. The number of aryl methyl sites for hydroxylation is 1. The quantitative estimate of drug-likeness (QED) is 0.887. The predicted octanol–water partition coefficient (Wildman–Crippen LogP) is 3.56. The van der Waals surface area contributed by atoms with E-state index in [4.69, 9.17) is 0 Å². The van der Waals surface area contributed by atoms with Crippen molar-refractivity contribution >= 4 is 11.6 Å². The van der Waals surface area contributed by atoms with Crippen molar-refractivity contribution in [2.45, 2.75) is 19.9 Å². The highest BCUT2D eigenvalue weighted by Crippen LogP contribution is 2.17. The predicted molar refractivity (Wildman–Crippen MR) is 82.6 cm³/mol. The molecule has 22 heavy (non-hydrogen) atoms. The van der Waals surface area contributed by atoms with Gasteiger partial charge in [-0.3, -0.25) is 4.79 Å². The number of nitrogens with one attached hydrogen (secondary N) is 2. The molecule has 3 nitrogen and oxygen atoms in total. The van der Waals surface area contributed by atoms with Gasteiger partial charge in [-0.05, 0) is 31.5 Å². The topological polar surface area (TPSA) is 41.1 Å². The average Bonchev–Trinajstić information content (AvgIpc) is 2.47. The maximum absolute atomic E-state index is 13.6. The number of halogens is 2. The number of carbonyl (C=O) groups excluding carboxylic acids is 1. The third kappa shape index (κ3) is 4.11. The van der Waals surface area contributed by atoms with Crippen molar-refractivity contribution in [3.63, 3.8) is 0 Å². The van der Waals surface area contributed by atoms with Gasteiger partial charge in [-0.15, -0.1) is 0 Å². The number of hydrogen-bond donors (Lipinski definition) is 2. The fourth-order valence-electron chi connectivity index (χ4n) is 2.12. The smallest absolute Gasteiger partial charge is 0.238 e. The first-order chi connectivity index (χ1) is 10.5. The highest BCUT2D eigenvalue weighted by atomic mass is 19.1. The molecule has 0 spiro atoms. The molecule has 0 unspecified atom stereocenters. The molecule has 0 aliphatic rings. The minimum Gasteiger partial charge on any atom is -0.325 e. The minimum atomic E-state index is -0.626. The van der Waals surface area contributed by atoms with Crippen molar-refractivity contribution in [1.82, 2.24) is 5.32 Å². The number of anilines is 1. The summed E-state index contributed by atoms with van der Waals surface area (Å²) in [5, 5.41) is 5.71. The fraction of sp³-hybridized carbons (Fsp3) is 0.235. The molecule has 0 radical (unpaired) electrons. The van der Waals surface area contributed by atoms with Crippen molar-refractivity contribution in [3.8, 4) is 0 Å². The van der Waals surface area contributed by atoms with E-state index in [2.05, 4.69) is 10.6 Å². The molecule has 0 aromatic heterocycles. The summed E-state index contributed by atoms with van der Waals surface area (Å²) in [7, 11) is 0. The second kappa shape index (κ2) is 7.13. The number of para-hydroxylation sites is 1. The maximum atomic E-state index is 13.6. The van der Waals surface area contributed by atoms with Crippen LogP contribution in [0.3, 0.4) is 0 Å². The maximum Gasteiger partial charge on any atom is 0.238 e. The number of hydrogen-bond acceptors (Lipinski definition) is 2. The molecule has 2 rings (SSSR count). The van der Waals surface area contributed by atoms with Gasteiger partial charge in [0.05, 0.1) is 6.54 Å². The number of amides is 1. The molecule has 0 saturated heterocycles. The van der Waals surface area contributed by atoms with Crippen LogP contribution in [0.5, 0.6) is 0 Å². The Balaban J connectivity index is 1.92. The molecule has 5 heteroatoms. The largest absolute Gasteiger partial charge is 0.325 e. The fourth-order valence-corrected chi connectivity index (χ4v) is 2.12. The number of benzene rings is 2. The Morgan fingerprint density at radius 3 is 2.59 bits per heavy atom.